The van der Waals surface area contributed by atoms with Crippen LogP contribution in [-0.4, -0.2) is 39.4 Å². The van der Waals surface area contributed by atoms with Gasteiger partial charge in [-0.25, -0.2) is 0 Å². The van der Waals surface area contributed by atoms with Crippen LogP contribution in [0.3, 0.4) is 0 Å². The molecule has 2 rings (SSSR count). The minimum Gasteiger partial charge on any atom is -0.504 e. The average Bonchev–Trinajstić information content (AvgIpc) is 2.62. The number of carbonyl (C=O) groups excluding carboxylic acids is 1. The van der Waals surface area contributed by atoms with Crippen molar-refractivity contribution in [1.82, 2.24) is 0 Å². The number of phenolic OH excluding ortho intramolecular Hbond substituents is 3. The zero-order chi connectivity index (χ0) is 19.1. The molecule has 6 heteroatoms. The van der Waals surface area contributed by atoms with Crippen LogP contribution in [-0.2, 0) is 17.6 Å². The highest BCUT2D eigenvalue weighted by Crippen LogP contribution is 2.27. The maximum absolute atomic E-state index is 12.0. The lowest BCUT2D eigenvalue weighted by atomic mass is 10.00. The molecule has 0 fully saturated rings. The summed E-state index contributed by atoms with van der Waals surface area (Å²) in [4.78, 5) is 12.0. The predicted molar refractivity (Wildman–Crippen MR) is 96.7 cm³/mol. The number of ketones is 1. The van der Waals surface area contributed by atoms with Gasteiger partial charge in [-0.3, -0.25) is 4.79 Å². The van der Waals surface area contributed by atoms with Gasteiger partial charge in [-0.05, 0) is 54.7 Å². The topological polar surface area (TPSA) is 107 Å². The lowest BCUT2D eigenvalue weighted by Crippen LogP contribution is -2.14. The summed E-state index contributed by atoms with van der Waals surface area (Å²) >= 11 is 0. The number of Topliss-reactive ketones (excluding diaryl/α,β-unsaturated/α-hetero) is 1. The molecule has 0 radical (unpaired) electrons. The zero-order valence-corrected chi connectivity index (χ0v) is 14.7. The Bertz CT molecular complexity index is 756. The van der Waals surface area contributed by atoms with Gasteiger partial charge in [0, 0.05) is 12.8 Å². The third-order valence-electron chi connectivity index (χ3n) is 4.21. The molecule has 0 saturated carbocycles. The van der Waals surface area contributed by atoms with E-state index in [4.69, 9.17) is 4.74 Å². The first-order valence-electron chi connectivity index (χ1n) is 8.45. The number of hydrogen-bond donors (Lipinski definition) is 4. The van der Waals surface area contributed by atoms with E-state index in [2.05, 4.69) is 0 Å². The van der Waals surface area contributed by atoms with Crippen LogP contribution in [0.1, 0.15) is 30.4 Å². The number of methoxy groups -OCH3 is 1. The van der Waals surface area contributed by atoms with E-state index < -0.39 is 6.10 Å². The van der Waals surface area contributed by atoms with Gasteiger partial charge in [0.2, 0.25) is 0 Å². The standard InChI is InChI=1S/C20H24O6/c1-26-20-11-14(5-9-18(20)24)3-7-16(22)12-15(21)6-2-13-4-8-17(23)19(25)10-13/h4-5,8-11,15,21,23-25H,2-3,6-7,12H2,1H3/t15-/m1/s1. The second-order valence-corrected chi connectivity index (χ2v) is 6.26. The summed E-state index contributed by atoms with van der Waals surface area (Å²) in [6.45, 7) is 0. The third kappa shape index (κ3) is 5.67. The SMILES string of the molecule is COc1cc(CCC(=O)C[C@H](O)CCc2ccc(O)c(O)c2)ccc1O. The lowest BCUT2D eigenvalue weighted by molar-refractivity contribution is -0.121. The van der Waals surface area contributed by atoms with Gasteiger partial charge >= 0.3 is 0 Å². The van der Waals surface area contributed by atoms with Gasteiger partial charge in [-0.15, -0.1) is 0 Å². The average molecular weight is 360 g/mol. The van der Waals surface area contributed by atoms with E-state index in [0.717, 1.165) is 11.1 Å². The Morgan fingerprint density at radius 1 is 0.962 bits per heavy atom. The number of aliphatic hydroxyl groups is 1. The summed E-state index contributed by atoms with van der Waals surface area (Å²) in [5, 5.41) is 38.3. The van der Waals surface area contributed by atoms with E-state index in [1.165, 1.54) is 25.3 Å². The van der Waals surface area contributed by atoms with Crippen LogP contribution in [0.2, 0.25) is 0 Å². The molecule has 140 valence electrons. The van der Waals surface area contributed by atoms with Crippen molar-refractivity contribution in [2.24, 2.45) is 0 Å². The highest BCUT2D eigenvalue weighted by molar-refractivity contribution is 5.79. The third-order valence-corrected chi connectivity index (χ3v) is 4.21. The molecule has 0 bridgehead atoms. The highest BCUT2D eigenvalue weighted by atomic mass is 16.5. The first-order valence-corrected chi connectivity index (χ1v) is 8.45. The van der Waals surface area contributed by atoms with Crippen LogP contribution in [0.25, 0.3) is 0 Å². The van der Waals surface area contributed by atoms with Gasteiger partial charge in [0.1, 0.15) is 5.78 Å². The molecule has 0 unspecified atom stereocenters. The van der Waals surface area contributed by atoms with Crippen molar-refractivity contribution < 1.29 is 30.0 Å². The first kappa shape index (κ1) is 19.6. The number of rotatable bonds is 9. The van der Waals surface area contributed by atoms with Crippen molar-refractivity contribution in [2.45, 2.75) is 38.2 Å². The van der Waals surface area contributed by atoms with Gasteiger partial charge in [-0.1, -0.05) is 12.1 Å². The zero-order valence-electron chi connectivity index (χ0n) is 14.7. The molecule has 0 saturated heterocycles. The molecule has 0 aliphatic heterocycles. The molecule has 0 aliphatic rings. The van der Waals surface area contributed by atoms with Gasteiger partial charge in [0.15, 0.2) is 23.0 Å². The van der Waals surface area contributed by atoms with Crippen LogP contribution >= 0.6 is 0 Å². The Morgan fingerprint density at radius 3 is 2.27 bits per heavy atom. The fourth-order valence-corrected chi connectivity index (χ4v) is 2.69. The number of aliphatic hydroxyl groups excluding tert-OH is 1. The summed E-state index contributed by atoms with van der Waals surface area (Å²) in [6, 6.07) is 9.47. The quantitative estimate of drug-likeness (QED) is 0.512. The molecule has 2 aromatic carbocycles. The minimum absolute atomic E-state index is 0.0434. The smallest absolute Gasteiger partial charge is 0.160 e. The van der Waals surface area contributed by atoms with Gasteiger partial charge in [-0.2, -0.15) is 0 Å². The number of ether oxygens (including phenoxy) is 1. The Morgan fingerprint density at radius 2 is 1.62 bits per heavy atom. The number of aryl methyl sites for hydroxylation is 2. The maximum Gasteiger partial charge on any atom is 0.160 e. The Hall–Kier alpha value is -2.73. The molecule has 26 heavy (non-hydrogen) atoms. The molecular formula is C20H24O6. The van der Waals surface area contributed by atoms with E-state index >= 15 is 0 Å². The molecule has 0 spiro atoms. The molecule has 4 N–H and O–H groups in total. The fraction of sp³-hybridized carbons (Fsp3) is 0.350. The summed E-state index contributed by atoms with van der Waals surface area (Å²) < 4.78 is 5.04. The van der Waals surface area contributed by atoms with Crippen LogP contribution in [0, 0.1) is 0 Å². The fourth-order valence-electron chi connectivity index (χ4n) is 2.69. The first-order chi connectivity index (χ1) is 12.4. The number of hydrogen-bond acceptors (Lipinski definition) is 6. The predicted octanol–water partition coefficient (Wildman–Crippen LogP) is 2.70. The van der Waals surface area contributed by atoms with Crippen LogP contribution in [0.15, 0.2) is 36.4 Å². The normalized spacial score (nSPS) is 11.9. The second-order valence-electron chi connectivity index (χ2n) is 6.26. The lowest BCUT2D eigenvalue weighted by Gasteiger charge is -2.11. The highest BCUT2D eigenvalue weighted by Gasteiger charge is 2.12. The van der Waals surface area contributed by atoms with E-state index in [9.17, 15) is 25.2 Å². The molecule has 0 aliphatic carbocycles. The van der Waals surface area contributed by atoms with Gasteiger partial charge < -0.3 is 25.2 Å². The molecule has 0 aromatic heterocycles. The van der Waals surface area contributed by atoms with Crippen molar-refractivity contribution in [1.29, 1.82) is 0 Å². The maximum atomic E-state index is 12.0. The Balaban J connectivity index is 1.77. The molecular weight excluding hydrogens is 336 g/mol. The molecule has 0 amide bonds. The van der Waals surface area contributed by atoms with Gasteiger partial charge in [0.25, 0.3) is 0 Å². The molecule has 2 aromatic rings. The monoisotopic (exact) mass is 360 g/mol. The van der Waals surface area contributed by atoms with E-state index in [0.29, 0.717) is 31.4 Å². The van der Waals surface area contributed by atoms with Crippen molar-refractivity contribution >= 4 is 5.78 Å². The van der Waals surface area contributed by atoms with Crippen LogP contribution < -0.4 is 4.74 Å². The van der Waals surface area contributed by atoms with Crippen molar-refractivity contribution in [3.63, 3.8) is 0 Å². The van der Waals surface area contributed by atoms with Gasteiger partial charge in [0.05, 0.1) is 13.2 Å². The number of benzene rings is 2. The summed E-state index contributed by atoms with van der Waals surface area (Å²) in [6.07, 6.45) is 1.01. The van der Waals surface area contributed by atoms with Crippen molar-refractivity contribution in [2.75, 3.05) is 7.11 Å². The summed E-state index contributed by atoms with van der Waals surface area (Å²) in [7, 11) is 1.47. The van der Waals surface area contributed by atoms with Crippen LogP contribution in [0.4, 0.5) is 0 Å². The minimum atomic E-state index is -0.757. The number of carbonyl (C=O) groups is 1. The molecule has 6 nitrogen and oxygen atoms in total. The van der Waals surface area contributed by atoms with Crippen molar-refractivity contribution in [3.05, 3.63) is 47.5 Å². The van der Waals surface area contributed by atoms with Crippen LogP contribution in [0.5, 0.6) is 23.0 Å². The Labute approximate surface area is 152 Å². The van der Waals surface area contributed by atoms with E-state index in [1.807, 2.05) is 0 Å². The summed E-state index contributed by atoms with van der Waals surface area (Å²) in [5.74, 6) is -0.00350. The van der Waals surface area contributed by atoms with Crippen molar-refractivity contribution in [3.8, 4) is 23.0 Å². The summed E-state index contributed by atoms with van der Waals surface area (Å²) in [5.41, 5.74) is 1.66. The number of aromatic hydroxyl groups is 3. The number of phenols is 3. The Kier molecular flexibility index (Phi) is 6.86. The van der Waals surface area contributed by atoms with E-state index in [-0.39, 0.29) is 29.5 Å². The van der Waals surface area contributed by atoms with E-state index in [1.54, 1.807) is 18.2 Å². The molecule has 1 atom stereocenters. The molecule has 0 heterocycles. The largest absolute Gasteiger partial charge is 0.504 e. The second kappa shape index (κ2) is 9.10.